The van der Waals surface area contributed by atoms with Gasteiger partial charge in [0.25, 0.3) is 11.7 Å². The summed E-state index contributed by atoms with van der Waals surface area (Å²) in [5.41, 5.74) is 0.0909. The van der Waals surface area contributed by atoms with Crippen molar-refractivity contribution in [2.24, 2.45) is 0 Å². The van der Waals surface area contributed by atoms with Gasteiger partial charge in [-0.25, -0.2) is 4.98 Å². The molecule has 8 nitrogen and oxygen atoms in total. The maximum Gasteiger partial charge on any atom is 0.295 e. The normalized spacial score (nSPS) is 26.1. The van der Waals surface area contributed by atoms with E-state index in [1.807, 2.05) is 17.5 Å². The highest BCUT2D eigenvalue weighted by molar-refractivity contribution is 7.09. The molecule has 2 fully saturated rings. The number of likely N-dealkylation sites (tertiary alicyclic amines) is 1. The highest BCUT2D eigenvalue weighted by Crippen LogP contribution is 2.37. The first-order valence-electron chi connectivity index (χ1n) is 8.76. The third-order valence-electron chi connectivity index (χ3n) is 4.68. The van der Waals surface area contributed by atoms with E-state index in [1.165, 1.54) is 34.8 Å². The SMILES string of the molecule is CC1(C)OCC(C2/C(=C(\O)c3cnccn3)C(=O)C(=O)N2Cc2cccs2)O1. The number of nitrogens with zero attached hydrogens (tertiary/aromatic N) is 3. The molecule has 2 aromatic heterocycles. The van der Waals surface area contributed by atoms with E-state index in [-0.39, 0.29) is 30.2 Å². The lowest BCUT2D eigenvalue weighted by atomic mass is 9.99. The fourth-order valence-electron chi connectivity index (χ4n) is 3.47. The average molecular weight is 401 g/mol. The van der Waals surface area contributed by atoms with Crippen LogP contribution in [0.25, 0.3) is 5.76 Å². The number of rotatable bonds is 4. The van der Waals surface area contributed by atoms with Crippen molar-refractivity contribution in [1.29, 1.82) is 0 Å². The third-order valence-corrected chi connectivity index (χ3v) is 5.54. The van der Waals surface area contributed by atoms with Crippen LogP contribution in [0.3, 0.4) is 0 Å². The highest BCUT2D eigenvalue weighted by atomic mass is 32.1. The molecular weight excluding hydrogens is 382 g/mol. The Balaban J connectivity index is 1.79. The Morgan fingerprint density at radius 1 is 1.39 bits per heavy atom. The van der Waals surface area contributed by atoms with E-state index in [0.717, 1.165) is 4.88 Å². The van der Waals surface area contributed by atoms with Gasteiger partial charge in [-0.2, -0.15) is 0 Å². The summed E-state index contributed by atoms with van der Waals surface area (Å²) < 4.78 is 11.6. The molecule has 4 rings (SSSR count). The first kappa shape index (κ1) is 18.7. The topological polar surface area (TPSA) is 102 Å². The smallest absolute Gasteiger partial charge is 0.295 e. The lowest BCUT2D eigenvalue weighted by molar-refractivity contribution is -0.149. The van der Waals surface area contributed by atoms with E-state index in [0.29, 0.717) is 0 Å². The van der Waals surface area contributed by atoms with Gasteiger partial charge in [0.1, 0.15) is 11.8 Å². The standard InChI is InChI=1S/C19H19N3O5S/c1-19(2)26-10-13(27-19)15-14(16(23)12-8-20-5-6-21-12)17(24)18(25)22(15)9-11-4-3-7-28-11/h3-8,13,15,23H,9-10H2,1-2H3/b16-14+. The van der Waals surface area contributed by atoms with E-state index in [9.17, 15) is 14.7 Å². The van der Waals surface area contributed by atoms with Gasteiger partial charge >= 0.3 is 0 Å². The summed E-state index contributed by atoms with van der Waals surface area (Å²) in [6.45, 7) is 3.96. The second-order valence-electron chi connectivity index (χ2n) is 7.01. The fraction of sp³-hybridized carbons (Fsp3) is 0.368. The summed E-state index contributed by atoms with van der Waals surface area (Å²) in [7, 11) is 0. The zero-order valence-electron chi connectivity index (χ0n) is 15.4. The van der Waals surface area contributed by atoms with Crippen LogP contribution in [0.5, 0.6) is 0 Å². The third kappa shape index (κ3) is 3.32. The molecule has 0 radical (unpaired) electrons. The van der Waals surface area contributed by atoms with Gasteiger partial charge in [0.05, 0.1) is 31.0 Å². The number of aromatic nitrogens is 2. The van der Waals surface area contributed by atoms with Crippen molar-refractivity contribution in [3.63, 3.8) is 0 Å². The molecular formula is C19H19N3O5S. The van der Waals surface area contributed by atoms with Crippen molar-refractivity contribution in [2.75, 3.05) is 6.61 Å². The quantitative estimate of drug-likeness (QED) is 0.474. The molecule has 28 heavy (non-hydrogen) atoms. The minimum atomic E-state index is -0.846. The van der Waals surface area contributed by atoms with E-state index in [4.69, 9.17) is 9.47 Å². The Hall–Kier alpha value is -2.62. The number of thiophene rings is 1. The van der Waals surface area contributed by atoms with E-state index in [2.05, 4.69) is 9.97 Å². The molecule has 2 aromatic rings. The van der Waals surface area contributed by atoms with Crippen LogP contribution in [0.2, 0.25) is 0 Å². The molecule has 2 atom stereocenters. The van der Waals surface area contributed by atoms with Gasteiger partial charge in [-0.1, -0.05) is 6.07 Å². The van der Waals surface area contributed by atoms with Crippen molar-refractivity contribution in [3.8, 4) is 0 Å². The monoisotopic (exact) mass is 401 g/mol. The fourth-order valence-corrected chi connectivity index (χ4v) is 4.17. The summed E-state index contributed by atoms with van der Waals surface area (Å²) in [5.74, 6) is -2.66. The molecule has 2 aliphatic heterocycles. The van der Waals surface area contributed by atoms with Crippen LogP contribution in [0.4, 0.5) is 0 Å². The van der Waals surface area contributed by atoms with E-state index in [1.54, 1.807) is 13.8 Å². The van der Waals surface area contributed by atoms with Crippen LogP contribution >= 0.6 is 11.3 Å². The number of aliphatic hydroxyl groups excluding tert-OH is 1. The summed E-state index contributed by atoms with van der Waals surface area (Å²) in [6, 6.07) is 2.98. The Kier molecular flexibility index (Phi) is 4.74. The van der Waals surface area contributed by atoms with Gasteiger partial charge in [0, 0.05) is 17.3 Å². The number of carbonyl (C=O) groups excluding carboxylic acids is 2. The molecule has 1 N–H and O–H groups in total. The molecule has 9 heteroatoms. The van der Waals surface area contributed by atoms with E-state index < -0.39 is 29.6 Å². The second-order valence-corrected chi connectivity index (χ2v) is 8.04. The average Bonchev–Trinajstić information content (AvgIpc) is 3.37. The van der Waals surface area contributed by atoms with Gasteiger partial charge in [-0.15, -0.1) is 11.3 Å². The molecule has 2 aliphatic rings. The summed E-state index contributed by atoms with van der Waals surface area (Å²) in [5, 5.41) is 12.7. The number of aliphatic hydroxyl groups is 1. The lowest BCUT2D eigenvalue weighted by Gasteiger charge is -2.29. The van der Waals surface area contributed by atoms with Crippen molar-refractivity contribution >= 4 is 28.8 Å². The molecule has 0 aliphatic carbocycles. The number of Topliss-reactive ketones (excluding diaryl/α,β-unsaturated/α-hetero) is 1. The zero-order chi connectivity index (χ0) is 19.9. The number of hydrogen-bond acceptors (Lipinski definition) is 8. The maximum absolute atomic E-state index is 12.8. The Morgan fingerprint density at radius 3 is 2.82 bits per heavy atom. The number of hydrogen-bond donors (Lipinski definition) is 1. The molecule has 0 saturated carbocycles. The van der Waals surface area contributed by atoms with Gasteiger partial charge in [-0.3, -0.25) is 14.6 Å². The van der Waals surface area contributed by atoms with Crippen LogP contribution in [0.1, 0.15) is 24.4 Å². The molecule has 146 valence electrons. The Morgan fingerprint density at radius 2 is 2.21 bits per heavy atom. The summed E-state index contributed by atoms with van der Waals surface area (Å²) in [4.78, 5) is 36.0. The first-order chi connectivity index (χ1) is 13.4. The first-order valence-corrected chi connectivity index (χ1v) is 9.64. The molecule has 4 heterocycles. The maximum atomic E-state index is 12.8. The van der Waals surface area contributed by atoms with Crippen LogP contribution in [-0.2, 0) is 25.6 Å². The van der Waals surface area contributed by atoms with Crippen LogP contribution < -0.4 is 0 Å². The minimum absolute atomic E-state index is 0.0339. The molecule has 1 amide bonds. The van der Waals surface area contributed by atoms with Crippen molar-refractivity contribution in [2.45, 2.75) is 38.3 Å². The number of amides is 1. The zero-order valence-corrected chi connectivity index (χ0v) is 16.2. The van der Waals surface area contributed by atoms with Crippen molar-refractivity contribution in [1.82, 2.24) is 14.9 Å². The summed E-state index contributed by atoms with van der Waals surface area (Å²) >= 11 is 1.49. The predicted octanol–water partition coefficient (Wildman–Crippen LogP) is 1.94. The van der Waals surface area contributed by atoms with Crippen molar-refractivity contribution in [3.05, 3.63) is 52.2 Å². The van der Waals surface area contributed by atoms with Gasteiger partial charge in [0.2, 0.25) is 0 Å². The highest BCUT2D eigenvalue weighted by Gasteiger charge is 2.52. The Labute approximate surface area is 165 Å². The van der Waals surface area contributed by atoms with Crippen LogP contribution in [0.15, 0.2) is 41.7 Å². The minimum Gasteiger partial charge on any atom is -0.505 e. The van der Waals surface area contributed by atoms with Crippen molar-refractivity contribution < 1.29 is 24.2 Å². The predicted molar refractivity (Wildman–Crippen MR) is 100 cm³/mol. The number of carbonyl (C=O) groups is 2. The molecule has 0 spiro atoms. The number of ether oxygens (including phenoxy) is 2. The molecule has 0 bridgehead atoms. The summed E-state index contributed by atoms with van der Waals surface area (Å²) in [6.07, 6.45) is 3.61. The van der Waals surface area contributed by atoms with Gasteiger partial charge in [0.15, 0.2) is 11.5 Å². The largest absolute Gasteiger partial charge is 0.505 e. The molecule has 2 saturated heterocycles. The Bertz CT molecular complexity index is 926. The van der Waals surface area contributed by atoms with Gasteiger partial charge < -0.3 is 19.5 Å². The number of ketones is 1. The van der Waals surface area contributed by atoms with Gasteiger partial charge in [-0.05, 0) is 25.3 Å². The molecule has 2 unspecified atom stereocenters. The second kappa shape index (κ2) is 7.08. The molecule has 0 aromatic carbocycles. The lowest BCUT2D eigenvalue weighted by Crippen LogP contribution is -2.43. The van der Waals surface area contributed by atoms with Crippen LogP contribution in [-0.4, -0.2) is 56.2 Å². The van der Waals surface area contributed by atoms with E-state index >= 15 is 0 Å². The van der Waals surface area contributed by atoms with Crippen LogP contribution in [0, 0.1) is 0 Å².